The maximum absolute atomic E-state index is 10.9. The highest BCUT2D eigenvalue weighted by atomic mass is 16.1. The lowest BCUT2D eigenvalue weighted by Gasteiger charge is -1.93. The first-order chi connectivity index (χ1) is 6.74. The van der Waals surface area contributed by atoms with E-state index in [9.17, 15) is 4.79 Å². The zero-order valence-electron chi connectivity index (χ0n) is 8.29. The summed E-state index contributed by atoms with van der Waals surface area (Å²) < 4.78 is 0. The second-order valence-electron chi connectivity index (χ2n) is 2.82. The maximum Gasteiger partial charge on any atom is 0.161 e. The Labute approximate surface area is 83.6 Å². The quantitative estimate of drug-likeness (QED) is 0.552. The lowest BCUT2D eigenvalue weighted by atomic mass is 10.2. The number of Topliss-reactive ketones (excluding diaryl/α,β-unsaturated/α-hetero) is 1. The van der Waals surface area contributed by atoms with Crippen LogP contribution < -0.4 is 5.32 Å². The summed E-state index contributed by atoms with van der Waals surface area (Å²) in [5.74, 6) is 5.79. The van der Waals surface area contributed by atoms with Crippen LogP contribution in [0.2, 0.25) is 0 Å². The van der Waals surface area contributed by atoms with Gasteiger partial charge in [0, 0.05) is 11.8 Å². The molecule has 0 atom stereocenters. The van der Waals surface area contributed by atoms with Crippen molar-refractivity contribution in [1.29, 1.82) is 0 Å². The summed E-state index contributed by atoms with van der Waals surface area (Å²) in [4.78, 5) is 15.0. The Bertz CT molecular complexity index is 371. The minimum atomic E-state index is 0.0206. The van der Waals surface area contributed by atoms with E-state index in [1.165, 1.54) is 6.92 Å². The van der Waals surface area contributed by atoms with E-state index in [-0.39, 0.29) is 5.78 Å². The molecule has 0 radical (unpaired) electrons. The molecule has 1 aromatic heterocycles. The summed E-state index contributed by atoms with van der Waals surface area (Å²) in [6, 6.07) is 3.48. The first kappa shape index (κ1) is 10.4. The molecule has 1 heterocycles. The number of carbonyl (C=O) groups excluding carboxylic acids is 1. The molecule has 1 N–H and O–H groups in total. The highest BCUT2D eigenvalue weighted by molar-refractivity contribution is 5.93. The first-order valence-corrected chi connectivity index (χ1v) is 4.34. The van der Waals surface area contributed by atoms with E-state index in [0.717, 1.165) is 0 Å². The molecule has 0 unspecified atom stereocenters. The third kappa shape index (κ3) is 3.00. The second kappa shape index (κ2) is 5.15. The molecule has 14 heavy (non-hydrogen) atoms. The van der Waals surface area contributed by atoms with E-state index >= 15 is 0 Å². The number of hydrogen-bond donors (Lipinski definition) is 1. The van der Waals surface area contributed by atoms with Gasteiger partial charge in [-0.05, 0) is 32.0 Å². The van der Waals surface area contributed by atoms with E-state index in [2.05, 4.69) is 22.1 Å². The van der Waals surface area contributed by atoms with Crippen LogP contribution in [0.15, 0.2) is 18.3 Å². The zero-order valence-corrected chi connectivity index (χ0v) is 8.29. The van der Waals surface area contributed by atoms with Gasteiger partial charge in [0.15, 0.2) is 5.78 Å². The highest BCUT2D eigenvalue weighted by Gasteiger charge is 1.97. The number of hydrogen-bond acceptors (Lipinski definition) is 3. The monoisotopic (exact) mass is 188 g/mol. The Morgan fingerprint density at radius 1 is 1.57 bits per heavy atom. The van der Waals surface area contributed by atoms with Crippen molar-refractivity contribution in [2.24, 2.45) is 0 Å². The van der Waals surface area contributed by atoms with Crippen LogP contribution in [0.3, 0.4) is 0 Å². The van der Waals surface area contributed by atoms with Crippen LogP contribution in [0.4, 0.5) is 0 Å². The molecule has 0 saturated heterocycles. The van der Waals surface area contributed by atoms with Crippen LogP contribution in [0, 0.1) is 11.8 Å². The molecule has 1 rings (SSSR count). The third-order valence-electron chi connectivity index (χ3n) is 1.65. The molecule has 3 heteroatoms. The number of pyridine rings is 1. The number of rotatable bonds is 2. The van der Waals surface area contributed by atoms with Crippen LogP contribution >= 0.6 is 0 Å². The van der Waals surface area contributed by atoms with Gasteiger partial charge in [0.2, 0.25) is 0 Å². The summed E-state index contributed by atoms with van der Waals surface area (Å²) in [5.41, 5.74) is 1.30. The number of aromatic nitrogens is 1. The Hall–Kier alpha value is -1.66. The molecule has 1 aromatic rings. The molecule has 0 bridgehead atoms. The molecule has 0 amide bonds. The molecular formula is C11H12N2O. The van der Waals surface area contributed by atoms with Gasteiger partial charge < -0.3 is 5.32 Å². The molecule has 3 nitrogen and oxygen atoms in total. The Morgan fingerprint density at radius 2 is 2.36 bits per heavy atom. The average molecular weight is 188 g/mol. The topological polar surface area (TPSA) is 42.0 Å². The summed E-state index contributed by atoms with van der Waals surface area (Å²) in [6.45, 7) is 2.15. The Balaban J connectivity index is 2.75. The lowest BCUT2D eigenvalue weighted by Crippen LogP contribution is -2.04. The number of nitrogens with one attached hydrogen (secondary N) is 1. The normalized spacial score (nSPS) is 9.00. The van der Waals surface area contributed by atoms with Gasteiger partial charge in [-0.1, -0.05) is 5.92 Å². The highest BCUT2D eigenvalue weighted by Crippen LogP contribution is 1.99. The van der Waals surface area contributed by atoms with E-state index in [0.29, 0.717) is 17.8 Å². The average Bonchev–Trinajstić information content (AvgIpc) is 2.19. The number of nitrogens with zero attached hydrogens (tertiary/aromatic N) is 1. The van der Waals surface area contributed by atoms with Gasteiger partial charge in [0.25, 0.3) is 0 Å². The van der Waals surface area contributed by atoms with E-state index in [4.69, 9.17) is 0 Å². The SMILES string of the molecule is CNCC#Cc1ccc(C(C)=O)cn1. The lowest BCUT2D eigenvalue weighted by molar-refractivity contribution is 0.101. The molecule has 0 aliphatic heterocycles. The maximum atomic E-state index is 10.9. The standard InChI is InChI=1S/C11H12N2O/c1-9(14)10-5-6-11(13-8-10)4-3-7-12-2/h5-6,8,12H,7H2,1-2H3. The smallest absolute Gasteiger partial charge is 0.161 e. The predicted molar refractivity (Wildman–Crippen MR) is 55.0 cm³/mol. The van der Waals surface area contributed by atoms with Gasteiger partial charge in [-0.25, -0.2) is 4.98 Å². The van der Waals surface area contributed by atoms with E-state index in [1.54, 1.807) is 18.3 Å². The van der Waals surface area contributed by atoms with Crippen molar-refractivity contribution in [3.63, 3.8) is 0 Å². The molecule has 0 saturated carbocycles. The van der Waals surface area contributed by atoms with Crippen molar-refractivity contribution in [3.05, 3.63) is 29.6 Å². The van der Waals surface area contributed by atoms with Crippen molar-refractivity contribution in [2.45, 2.75) is 6.92 Å². The summed E-state index contributed by atoms with van der Waals surface area (Å²) in [7, 11) is 1.83. The molecule has 0 aliphatic carbocycles. The van der Waals surface area contributed by atoms with Gasteiger partial charge in [-0.3, -0.25) is 4.79 Å². The minimum Gasteiger partial charge on any atom is -0.309 e. The molecule has 0 aromatic carbocycles. The van der Waals surface area contributed by atoms with Crippen molar-refractivity contribution in [3.8, 4) is 11.8 Å². The largest absolute Gasteiger partial charge is 0.309 e. The van der Waals surface area contributed by atoms with Crippen LogP contribution in [-0.4, -0.2) is 24.4 Å². The third-order valence-corrected chi connectivity index (χ3v) is 1.65. The molecule has 0 fully saturated rings. The summed E-state index contributed by atoms with van der Waals surface area (Å²) >= 11 is 0. The first-order valence-electron chi connectivity index (χ1n) is 4.34. The predicted octanol–water partition coefficient (Wildman–Crippen LogP) is 0.855. The fourth-order valence-corrected chi connectivity index (χ4v) is 0.899. The number of ketones is 1. The van der Waals surface area contributed by atoms with Crippen molar-refractivity contribution < 1.29 is 4.79 Å². The van der Waals surface area contributed by atoms with Gasteiger partial charge in [0.1, 0.15) is 5.69 Å². The fourth-order valence-electron chi connectivity index (χ4n) is 0.899. The van der Waals surface area contributed by atoms with Crippen molar-refractivity contribution in [1.82, 2.24) is 10.3 Å². The van der Waals surface area contributed by atoms with Gasteiger partial charge in [-0.15, -0.1) is 0 Å². The zero-order chi connectivity index (χ0) is 10.4. The van der Waals surface area contributed by atoms with Crippen molar-refractivity contribution in [2.75, 3.05) is 13.6 Å². The second-order valence-corrected chi connectivity index (χ2v) is 2.82. The fraction of sp³-hybridized carbons (Fsp3) is 0.273. The van der Waals surface area contributed by atoms with Gasteiger partial charge >= 0.3 is 0 Å². The molecular weight excluding hydrogens is 176 g/mol. The molecule has 0 aliphatic rings. The van der Waals surface area contributed by atoms with Crippen LogP contribution in [0.25, 0.3) is 0 Å². The molecule has 72 valence electrons. The van der Waals surface area contributed by atoms with Crippen LogP contribution in [0.5, 0.6) is 0 Å². The van der Waals surface area contributed by atoms with Gasteiger partial charge in [0.05, 0.1) is 6.54 Å². The number of carbonyl (C=O) groups is 1. The van der Waals surface area contributed by atoms with Crippen molar-refractivity contribution >= 4 is 5.78 Å². The molecule has 0 spiro atoms. The van der Waals surface area contributed by atoms with Crippen LogP contribution in [0.1, 0.15) is 23.0 Å². The van der Waals surface area contributed by atoms with Crippen LogP contribution in [-0.2, 0) is 0 Å². The Morgan fingerprint density at radius 3 is 2.86 bits per heavy atom. The minimum absolute atomic E-state index is 0.0206. The van der Waals surface area contributed by atoms with Gasteiger partial charge in [-0.2, -0.15) is 0 Å². The summed E-state index contributed by atoms with van der Waals surface area (Å²) in [6.07, 6.45) is 1.55. The van der Waals surface area contributed by atoms with E-state index < -0.39 is 0 Å². The van der Waals surface area contributed by atoms with E-state index in [1.807, 2.05) is 7.05 Å². The summed E-state index contributed by atoms with van der Waals surface area (Å²) in [5, 5.41) is 2.91. The Kier molecular flexibility index (Phi) is 3.84.